The van der Waals surface area contributed by atoms with E-state index in [2.05, 4.69) is 10.0 Å². The van der Waals surface area contributed by atoms with Gasteiger partial charge in [0.15, 0.2) is 5.78 Å². The number of carbonyl (C=O) groups is 2. The van der Waals surface area contributed by atoms with Crippen LogP contribution in [0.15, 0.2) is 47.4 Å². The van der Waals surface area contributed by atoms with Gasteiger partial charge in [0.1, 0.15) is 5.82 Å². The van der Waals surface area contributed by atoms with Gasteiger partial charge in [0, 0.05) is 24.2 Å². The summed E-state index contributed by atoms with van der Waals surface area (Å²) in [5.74, 6) is -1.13. The number of amides is 1. The van der Waals surface area contributed by atoms with E-state index in [9.17, 15) is 22.4 Å². The molecule has 0 heterocycles. The number of Topliss-reactive ketones (excluding diaryl/α,β-unsaturated/α-hetero) is 1. The molecule has 138 valence electrons. The number of benzene rings is 2. The molecule has 0 bridgehead atoms. The van der Waals surface area contributed by atoms with E-state index in [1.807, 2.05) is 0 Å². The van der Waals surface area contributed by atoms with Crippen molar-refractivity contribution >= 4 is 27.4 Å². The van der Waals surface area contributed by atoms with Gasteiger partial charge in [-0.05, 0) is 43.7 Å². The van der Waals surface area contributed by atoms with Crippen molar-refractivity contribution in [1.82, 2.24) is 4.72 Å². The fraction of sp³-hybridized carbons (Fsp3) is 0.222. The van der Waals surface area contributed by atoms with Gasteiger partial charge in [0.2, 0.25) is 15.9 Å². The quantitative estimate of drug-likeness (QED) is 0.725. The number of hydrogen-bond acceptors (Lipinski definition) is 4. The lowest BCUT2D eigenvalue weighted by atomic mass is 10.2. The monoisotopic (exact) mass is 378 g/mol. The molecule has 0 radical (unpaired) electrons. The van der Waals surface area contributed by atoms with Crippen molar-refractivity contribution in [2.75, 3.05) is 11.9 Å². The fourth-order valence-electron chi connectivity index (χ4n) is 2.16. The van der Waals surface area contributed by atoms with Crippen LogP contribution < -0.4 is 10.0 Å². The van der Waals surface area contributed by atoms with Crippen LogP contribution >= 0.6 is 0 Å². The molecule has 0 atom stereocenters. The van der Waals surface area contributed by atoms with Gasteiger partial charge in [-0.25, -0.2) is 17.5 Å². The van der Waals surface area contributed by atoms with E-state index in [-0.39, 0.29) is 29.2 Å². The first-order valence-electron chi connectivity index (χ1n) is 7.86. The Hall–Kier alpha value is -2.58. The zero-order valence-corrected chi connectivity index (χ0v) is 15.2. The van der Waals surface area contributed by atoms with E-state index in [4.69, 9.17) is 0 Å². The van der Waals surface area contributed by atoms with Crippen molar-refractivity contribution < 1.29 is 22.4 Å². The van der Waals surface area contributed by atoms with E-state index < -0.39 is 21.7 Å². The smallest absolute Gasteiger partial charge is 0.240 e. The number of hydrogen-bond donors (Lipinski definition) is 2. The van der Waals surface area contributed by atoms with Crippen LogP contribution in [0.1, 0.15) is 29.3 Å². The number of nitrogens with one attached hydrogen (secondary N) is 2. The molecule has 0 aliphatic heterocycles. The van der Waals surface area contributed by atoms with Gasteiger partial charge in [-0.3, -0.25) is 9.59 Å². The first-order chi connectivity index (χ1) is 12.2. The summed E-state index contributed by atoms with van der Waals surface area (Å²) in [4.78, 5) is 23.2. The van der Waals surface area contributed by atoms with Crippen molar-refractivity contribution in [3.63, 3.8) is 0 Å². The maximum absolute atomic E-state index is 13.4. The molecule has 0 spiro atoms. The normalized spacial score (nSPS) is 11.2. The van der Waals surface area contributed by atoms with Crippen molar-refractivity contribution in [2.45, 2.75) is 25.2 Å². The fourth-order valence-corrected chi connectivity index (χ4v) is 3.24. The van der Waals surface area contributed by atoms with Crippen LogP contribution in [0.25, 0.3) is 0 Å². The molecule has 0 saturated carbocycles. The molecule has 0 saturated heterocycles. The molecule has 2 N–H and O–H groups in total. The summed E-state index contributed by atoms with van der Waals surface area (Å²) in [6.07, 6.45) is -0.124. The summed E-state index contributed by atoms with van der Waals surface area (Å²) in [7, 11) is -3.84. The van der Waals surface area contributed by atoms with E-state index >= 15 is 0 Å². The molecule has 6 nitrogen and oxygen atoms in total. The van der Waals surface area contributed by atoms with E-state index in [1.165, 1.54) is 43.3 Å². The average Bonchev–Trinajstić information content (AvgIpc) is 2.58. The van der Waals surface area contributed by atoms with Crippen LogP contribution in [0, 0.1) is 12.7 Å². The van der Waals surface area contributed by atoms with Crippen molar-refractivity contribution in [3.05, 3.63) is 59.4 Å². The minimum atomic E-state index is -3.84. The summed E-state index contributed by atoms with van der Waals surface area (Å²) < 4.78 is 40.2. The van der Waals surface area contributed by atoms with Crippen LogP contribution in [-0.4, -0.2) is 26.7 Å². The number of carbonyl (C=O) groups excluding carboxylic acids is 2. The highest BCUT2D eigenvalue weighted by molar-refractivity contribution is 7.89. The lowest BCUT2D eigenvalue weighted by Crippen LogP contribution is -2.28. The van der Waals surface area contributed by atoms with Gasteiger partial charge in [-0.1, -0.05) is 18.2 Å². The Morgan fingerprint density at radius 1 is 1.12 bits per heavy atom. The SMILES string of the molecule is CC(=O)c1cccc(S(=O)(=O)NCCC(=O)Nc2ccc(C)c(F)c2)c1. The van der Waals surface area contributed by atoms with Crippen molar-refractivity contribution in [3.8, 4) is 0 Å². The van der Waals surface area contributed by atoms with E-state index in [1.54, 1.807) is 13.0 Å². The molecule has 2 rings (SSSR count). The van der Waals surface area contributed by atoms with Crippen LogP contribution in [-0.2, 0) is 14.8 Å². The van der Waals surface area contributed by atoms with Crippen LogP contribution in [0.4, 0.5) is 10.1 Å². The summed E-state index contributed by atoms with van der Waals surface area (Å²) in [6.45, 7) is 2.82. The molecule has 0 aliphatic rings. The van der Waals surface area contributed by atoms with Gasteiger partial charge in [0.25, 0.3) is 0 Å². The lowest BCUT2D eigenvalue weighted by molar-refractivity contribution is -0.116. The number of anilines is 1. The first-order valence-corrected chi connectivity index (χ1v) is 9.34. The average molecular weight is 378 g/mol. The minimum absolute atomic E-state index is 0.0498. The molecule has 0 aliphatic carbocycles. The Balaban J connectivity index is 1.93. The number of rotatable bonds is 7. The third-order valence-corrected chi connectivity index (χ3v) is 5.11. The summed E-state index contributed by atoms with van der Waals surface area (Å²) in [5, 5.41) is 2.50. The zero-order chi connectivity index (χ0) is 19.3. The lowest BCUT2D eigenvalue weighted by Gasteiger charge is -2.09. The van der Waals surface area contributed by atoms with Gasteiger partial charge in [-0.15, -0.1) is 0 Å². The molecule has 0 aromatic heterocycles. The third kappa shape index (κ3) is 5.21. The second-order valence-corrected chi connectivity index (χ2v) is 7.51. The predicted molar refractivity (Wildman–Crippen MR) is 96.0 cm³/mol. The van der Waals surface area contributed by atoms with E-state index in [0.29, 0.717) is 11.3 Å². The Labute approximate surface area is 151 Å². The highest BCUT2D eigenvalue weighted by Gasteiger charge is 2.15. The molecule has 26 heavy (non-hydrogen) atoms. The van der Waals surface area contributed by atoms with Crippen LogP contribution in [0.3, 0.4) is 0 Å². The molecule has 0 unspecified atom stereocenters. The van der Waals surface area contributed by atoms with Gasteiger partial charge in [0.05, 0.1) is 4.90 Å². The van der Waals surface area contributed by atoms with Crippen LogP contribution in [0.5, 0.6) is 0 Å². The Morgan fingerprint density at radius 3 is 2.50 bits per heavy atom. The Bertz CT molecular complexity index is 942. The Morgan fingerprint density at radius 2 is 1.85 bits per heavy atom. The zero-order valence-electron chi connectivity index (χ0n) is 14.4. The molecule has 2 aromatic rings. The standard InChI is InChI=1S/C18H19FN2O4S/c1-12-6-7-15(11-17(12)19)21-18(23)8-9-20-26(24,25)16-5-3-4-14(10-16)13(2)22/h3-7,10-11,20H,8-9H2,1-2H3,(H,21,23). The maximum atomic E-state index is 13.4. The topological polar surface area (TPSA) is 92.3 Å². The highest BCUT2D eigenvalue weighted by atomic mass is 32.2. The molecular weight excluding hydrogens is 359 g/mol. The number of sulfonamides is 1. The summed E-state index contributed by atoms with van der Waals surface area (Å²) >= 11 is 0. The molecule has 8 heteroatoms. The van der Waals surface area contributed by atoms with Gasteiger partial charge < -0.3 is 5.32 Å². The van der Waals surface area contributed by atoms with Gasteiger partial charge in [-0.2, -0.15) is 0 Å². The van der Waals surface area contributed by atoms with Crippen molar-refractivity contribution in [1.29, 1.82) is 0 Å². The number of halogens is 1. The highest BCUT2D eigenvalue weighted by Crippen LogP contribution is 2.14. The largest absolute Gasteiger partial charge is 0.326 e. The Kier molecular flexibility index (Phi) is 6.23. The first kappa shape index (κ1) is 19.7. The minimum Gasteiger partial charge on any atom is -0.326 e. The van der Waals surface area contributed by atoms with Crippen LogP contribution in [0.2, 0.25) is 0 Å². The van der Waals surface area contributed by atoms with Gasteiger partial charge >= 0.3 is 0 Å². The molecule has 0 fully saturated rings. The number of ketones is 1. The third-order valence-electron chi connectivity index (χ3n) is 3.65. The predicted octanol–water partition coefficient (Wildman–Crippen LogP) is 2.64. The molecule has 1 amide bonds. The second-order valence-electron chi connectivity index (χ2n) is 5.74. The summed E-state index contributed by atoms with van der Waals surface area (Å²) in [5.41, 5.74) is 1.05. The summed E-state index contributed by atoms with van der Waals surface area (Å²) in [6, 6.07) is 9.94. The number of aryl methyl sites for hydroxylation is 1. The molecular formula is C18H19FN2O4S. The van der Waals surface area contributed by atoms with E-state index in [0.717, 1.165) is 0 Å². The second kappa shape index (κ2) is 8.20. The molecule has 2 aromatic carbocycles. The maximum Gasteiger partial charge on any atom is 0.240 e. The van der Waals surface area contributed by atoms with Crippen molar-refractivity contribution in [2.24, 2.45) is 0 Å².